The summed E-state index contributed by atoms with van der Waals surface area (Å²) >= 11 is 0. The molecule has 0 heterocycles. The Morgan fingerprint density at radius 3 is 2.61 bits per heavy atom. The third-order valence-electron chi connectivity index (χ3n) is 5.54. The van der Waals surface area contributed by atoms with Gasteiger partial charge in [0.1, 0.15) is 5.41 Å². The molecule has 4 nitrogen and oxygen atoms in total. The standard InChI is InChI=1S/C19H17NO3/c20-18(23)19-10-14-8-12-4-2-1-3-11(12)7-13(14)9-15(19)16(21)5-6-17(19)22/h1-6,10,13,15H,7-9H2,(H2,20,23). The van der Waals surface area contributed by atoms with E-state index in [1.807, 2.05) is 12.1 Å². The van der Waals surface area contributed by atoms with E-state index in [1.54, 1.807) is 6.08 Å². The lowest BCUT2D eigenvalue weighted by atomic mass is 9.57. The van der Waals surface area contributed by atoms with Crippen LogP contribution in [0.25, 0.3) is 0 Å². The molecular formula is C19H17NO3. The maximum absolute atomic E-state index is 12.5. The van der Waals surface area contributed by atoms with Crippen LogP contribution in [0.4, 0.5) is 0 Å². The number of ketones is 2. The van der Waals surface area contributed by atoms with E-state index in [0.717, 1.165) is 12.0 Å². The first-order chi connectivity index (χ1) is 11.0. The van der Waals surface area contributed by atoms with Crippen LogP contribution in [0.2, 0.25) is 0 Å². The summed E-state index contributed by atoms with van der Waals surface area (Å²) in [5.41, 5.74) is 7.68. The van der Waals surface area contributed by atoms with Crippen molar-refractivity contribution in [2.75, 3.05) is 0 Å². The fourth-order valence-electron chi connectivity index (χ4n) is 4.32. The number of allylic oxidation sites excluding steroid dienone is 3. The first-order valence-corrected chi connectivity index (χ1v) is 7.87. The highest BCUT2D eigenvalue weighted by atomic mass is 16.2. The number of amides is 1. The van der Waals surface area contributed by atoms with Crippen LogP contribution >= 0.6 is 0 Å². The third-order valence-corrected chi connectivity index (χ3v) is 5.54. The molecule has 3 aliphatic rings. The van der Waals surface area contributed by atoms with Crippen LogP contribution in [-0.2, 0) is 27.2 Å². The van der Waals surface area contributed by atoms with Crippen molar-refractivity contribution < 1.29 is 14.4 Å². The number of nitrogens with two attached hydrogens (primary N) is 1. The fourth-order valence-corrected chi connectivity index (χ4v) is 4.32. The molecule has 4 rings (SSSR count). The summed E-state index contributed by atoms with van der Waals surface area (Å²) in [5.74, 6) is -1.70. The van der Waals surface area contributed by atoms with Crippen LogP contribution in [0, 0.1) is 17.3 Å². The van der Waals surface area contributed by atoms with Gasteiger partial charge in [-0.3, -0.25) is 14.4 Å². The van der Waals surface area contributed by atoms with Crippen molar-refractivity contribution in [1.29, 1.82) is 0 Å². The van der Waals surface area contributed by atoms with Gasteiger partial charge in [-0.1, -0.05) is 35.9 Å². The molecule has 0 spiro atoms. The average Bonchev–Trinajstić information content (AvgIpc) is 2.55. The van der Waals surface area contributed by atoms with Gasteiger partial charge in [0.25, 0.3) is 0 Å². The smallest absolute Gasteiger partial charge is 0.236 e. The number of carbonyl (C=O) groups is 3. The molecule has 3 atom stereocenters. The van der Waals surface area contributed by atoms with Gasteiger partial charge in [-0.25, -0.2) is 0 Å². The lowest BCUT2D eigenvalue weighted by Crippen LogP contribution is -2.54. The predicted octanol–water partition coefficient (Wildman–Crippen LogP) is 1.53. The second-order valence-electron chi connectivity index (χ2n) is 6.69. The average molecular weight is 307 g/mol. The minimum atomic E-state index is -1.48. The van der Waals surface area contributed by atoms with Gasteiger partial charge < -0.3 is 5.73 Å². The highest BCUT2D eigenvalue weighted by molar-refractivity contribution is 6.20. The number of primary amides is 1. The summed E-state index contributed by atoms with van der Waals surface area (Å²) in [4.78, 5) is 37.0. The second-order valence-corrected chi connectivity index (χ2v) is 6.69. The lowest BCUT2D eigenvalue weighted by Gasteiger charge is -2.43. The first-order valence-electron chi connectivity index (χ1n) is 7.87. The number of benzene rings is 1. The topological polar surface area (TPSA) is 77.2 Å². The number of rotatable bonds is 1. The van der Waals surface area contributed by atoms with Crippen LogP contribution in [0.1, 0.15) is 17.5 Å². The molecular weight excluding hydrogens is 290 g/mol. The van der Waals surface area contributed by atoms with Gasteiger partial charge >= 0.3 is 0 Å². The van der Waals surface area contributed by atoms with Crippen LogP contribution in [-0.4, -0.2) is 17.5 Å². The normalized spacial score (nSPS) is 31.7. The maximum atomic E-state index is 12.5. The Morgan fingerprint density at radius 1 is 1.13 bits per heavy atom. The summed E-state index contributed by atoms with van der Waals surface area (Å²) in [6.07, 6.45) is 6.29. The van der Waals surface area contributed by atoms with Gasteiger partial charge in [0, 0.05) is 5.92 Å². The molecule has 3 aliphatic carbocycles. The van der Waals surface area contributed by atoms with Crippen molar-refractivity contribution in [2.24, 2.45) is 23.0 Å². The van der Waals surface area contributed by atoms with E-state index in [2.05, 4.69) is 12.1 Å². The van der Waals surface area contributed by atoms with Crippen molar-refractivity contribution in [2.45, 2.75) is 19.3 Å². The molecule has 0 aliphatic heterocycles. The summed E-state index contributed by atoms with van der Waals surface area (Å²) in [6, 6.07) is 8.19. The predicted molar refractivity (Wildman–Crippen MR) is 84.3 cm³/mol. The highest BCUT2D eigenvalue weighted by Crippen LogP contribution is 2.48. The fraction of sp³-hybridized carbons (Fsp3) is 0.316. The molecule has 0 saturated heterocycles. The van der Waals surface area contributed by atoms with Crippen LogP contribution in [0.3, 0.4) is 0 Å². The zero-order valence-corrected chi connectivity index (χ0v) is 12.6. The van der Waals surface area contributed by atoms with E-state index in [4.69, 9.17) is 5.73 Å². The van der Waals surface area contributed by atoms with Crippen molar-refractivity contribution in [3.63, 3.8) is 0 Å². The Balaban J connectivity index is 1.86. The molecule has 116 valence electrons. The van der Waals surface area contributed by atoms with Gasteiger partial charge in [0.2, 0.25) is 5.91 Å². The Hall–Kier alpha value is -2.49. The quantitative estimate of drug-likeness (QED) is 0.631. The molecule has 1 aromatic carbocycles. The van der Waals surface area contributed by atoms with E-state index < -0.39 is 17.2 Å². The SMILES string of the molecule is NC(=O)C12C=C3Cc4ccccc4CC3CC1C(=O)C=CC2=O. The Labute approximate surface area is 134 Å². The Kier molecular flexibility index (Phi) is 2.92. The molecule has 1 amide bonds. The lowest BCUT2D eigenvalue weighted by molar-refractivity contribution is -0.144. The zero-order chi connectivity index (χ0) is 16.2. The number of carbonyl (C=O) groups excluding carboxylic acids is 3. The maximum Gasteiger partial charge on any atom is 0.236 e. The molecule has 2 N–H and O–H groups in total. The van der Waals surface area contributed by atoms with Gasteiger partial charge in [-0.05, 0) is 48.5 Å². The number of hydrogen-bond acceptors (Lipinski definition) is 3. The molecule has 0 radical (unpaired) electrons. The van der Waals surface area contributed by atoms with E-state index in [1.165, 1.54) is 23.3 Å². The first kappa shape index (κ1) is 14.1. The summed E-state index contributed by atoms with van der Waals surface area (Å²) in [6.45, 7) is 0. The molecule has 1 aromatic rings. The molecule has 0 saturated carbocycles. The van der Waals surface area contributed by atoms with Crippen LogP contribution in [0.5, 0.6) is 0 Å². The van der Waals surface area contributed by atoms with E-state index in [0.29, 0.717) is 12.8 Å². The van der Waals surface area contributed by atoms with Gasteiger partial charge in [0.15, 0.2) is 11.6 Å². The monoisotopic (exact) mass is 307 g/mol. The van der Waals surface area contributed by atoms with E-state index in [9.17, 15) is 14.4 Å². The van der Waals surface area contributed by atoms with E-state index in [-0.39, 0.29) is 17.5 Å². The number of fused-ring (bicyclic) bond motifs is 3. The molecule has 4 heteroatoms. The van der Waals surface area contributed by atoms with Crippen molar-refractivity contribution in [3.05, 3.63) is 59.2 Å². The summed E-state index contributed by atoms with van der Waals surface area (Å²) in [5, 5.41) is 0. The largest absolute Gasteiger partial charge is 0.368 e. The Morgan fingerprint density at radius 2 is 1.87 bits per heavy atom. The van der Waals surface area contributed by atoms with Crippen molar-refractivity contribution in [3.8, 4) is 0 Å². The van der Waals surface area contributed by atoms with Crippen molar-refractivity contribution in [1.82, 2.24) is 0 Å². The van der Waals surface area contributed by atoms with E-state index >= 15 is 0 Å². The summed E-state index contributed by atoms with van der Waals surface area (Å²) in [7, 11) is 0. The van der Waals surface area contributed by atoms with Crippen LogP contribution in [0.15, 0.2) is 48.1 Å². The van der Waals surface area contributed by atoms with Crippen molar-refractivity contribution >= 4 is 17.5 Å². The zero-order valence-electron chi connectivity index (χ0n) is 12.6. The highest BCUT2D eigenvalue weighted by Gasteiger charge is 2.56. The molecule has 0 bridgehead atoms. The molecule has 0 fully saturated rings. The second kappa shape index (κ2) is 4.75. The minimum Gasteiger partial charge on any atom is -0.368 e. The minimum absolute atomic E-state index is 0.169. The molecule has 0 aromatic heterocycles. The summed E-state index contributed by atoms with van der Waals surface area (Å²) < 4.78 is 0. The molecule has 3 unspecified atom stereocenters. The van der Waals surface area contributed by atoms with Gasteiger partial charge in [-0.15, -0.1) is 0 Å². The van der Waals surface area contributed by atoms with Gasteiger partial charge in [-0.2, -0.15) is 0 Å². The number of hydrogen-bond donors (Lipinski definition) is 1. The Bertz CT molecular complexity index is 805. The van der Waals surface area contributed by atoms with Gasteiger partial charge in [0.05, 0.1) is 0 Å². The molecule has 23 heavy (non-hydrogen) atoms. The third kappa shape index (κ3) is 1.87. The van der Waals surface area contributed by atoms with Crippen LogP contribution < -0.4 is 5.73 Å².